The number of amides is 1. The fraction of sp³-hybridized carbons (Fsp3) is 0.481. The predicted molar refractivity (Wildman–Crippen MR) is 136 cm³/mol. The number of phenolic OH excluding ortho intramolecular Hbond substituents is 2. The molecule has 0 heterocycles. The molecule has 0 saturated heterocycles. The van der Waals surface area contributed by atoms with Crippen LogP contribution in [0.25, 0.3) is 0 Å². The van der Waals surface area contributed by atoms with Crippen molar-refractivity contribution in [2.75, 3.05) is 13.2 Å². The largest absolute Gasteiger partial charge is 0.508 e. The Hall–Kier alpha value is -3.22. The van der Waals surface area contributed by atoms with Crippen LogP contribution in [0.2, 0.25) is 0 Å². The molecule has 0 aliphatic rings. The highest BCUT2D eigenvalue weighted by molar-refractivity contribution is 5.98. The normalized spacial score (nSPS) is 10.7. The van der Waals surface area contributed by atoms with E-state index in [1.807, 2.05) is 12.1 Å². The molecule has 0 atom stereocenters. The Balaban J connectivity index is 1.40. The summed E-state index contributed by atoms with van der Waals surface area (Å²) in [4.78, 5) is 12.2. The molecule has 0 fully saturated rings. The van der Waals surface area contributed by atoms with Gasteiger partial charge in [0.05, 0.1) is 12.2 Å². The highest BCUT2D eigenvalue weighted by Gasteiger charge is 2.14. The number of nitrogen functional groups attached to an aromatic ring is 1. The molecule has 7 nitrogen and oxygen atoms in total. The summed E-state index contributed by atoms with van der Waals surface area (Å²) in [7, 11) is 0. The topological polar surface area (TPSA) is 129 Å². The molecule has 2 aromatic carbocycles. The van der Waals surface area contributed by atoms with Gasteiger partial charge in [-0.2, -0.15) is 0 Å². The molecule has 0 bridgehead atoms. The Morgan fingerprint density at radius 2 is 1.47 bits per heavy atom. The second kappa shape index (κ2) is 14.8. The van der Waals surface area contributed by atoms with Gasteiger partial charge in [-0.05, 0) is 55.7 Å². The van der Waals surface area contributed by atoms with E-state index in [-0.39, 0.29) is 28.8 Å². The number of carbonyl (C=O) groups excluding carboxylic acids is 1. The third-order valence-corrected chi connectivity index (χ3v) is 5.82. The summed E-state index contributed by atoms with van der Waals surface area (Å²) in [5.74, 6) is 0.348. The molecule has 6 N–H and O–H groups in total. The van der Waals surface area contributed by atoms with Crippen molar-refractivity contribution in [3.63, 3.8) is 0 Å². The van der Waals surface area contributed by atoms with Gasteiger partial charge in [-0.1, -0.05) is 51.4 Å². The van der Waals surface area contributed by atoms with Crippen molar-refractivity contribution in [2.24, 2.45) is 5.73 Å². The van der Waals surface area contributed by atoms with E-state index in [4.69, 9.17) is 15.9 Å². The van der Waals surface area contributed by atoms with Crippen LogP contribution in [0, 0.1) is 12.3 Å². The van der Waals surface area contributed by atoms with Gasteiger partial charge in [0.1, 0.15) is 23.1 Å². The minimum atomic E-state index is -0.300. The van der Waals surface area contributed by atoms with Gasteiger partial charge >= 0.3 is 0 Å². The van der Waals surface area contributed by atoms with Crippen molar-refractivity contribution in [3.8, 4) is 17.2 Å². The van der Waals surface area contributed by atoms with Gasteiger partial charge in [0.2, 0.25) is 0 Å². The van der Waals surface area contributed by atoms with Crippen LogP contribution in [0.3, 0.4) is 0 Å². The Morgan fingerprint density at radius 1 is 0.912 bits per heavy atom. The molecule has 7 heteroatoms. The van der Waals surface area contributed by atoms with E-state index in [1.54, 1.807) is 19.1 Å². The first kappa shape index (κ1) is 27.0. The van der Waals surface area contributed by atoms with Gasteiger partial charge in [0.15, 0.2) is 0 Å². The number of carbonyl (C=O) groups is 1. The van der Waals surface area contributed by atoms with E-state index in [9.17, 15) is 15.0 Å². The minimum Gasteiger partial charge on any atom is -0.508 e. The first-order valence-corrected chi connectivity index (χ1v) is 12.3. The van der Waals surface area contributed by atoms with Crippen molar-refractivity contribution >= 4 is 11.7 Å². The van der Waals surface area contributed by atoms with Crippen molar-refractivity contribution in [1.29, 1.82) is 5.41 Å². The summed E-state index contributed by atoms with van der Waals surface area (Å²) in [5, 5.41) is 29.6. The number of rotatable bonds is 16. The quantitative estimate of drug-likeness (QED) is 0.128. The van der Waals surface area contributed by atoms with E-state index in [0.717, 1.165) is 31.4 Å². The summed E-state index contributed by atoms with van der Waals surface area (Å²) in [6.07, 6.45) is 11.5. The van der Waals surface area contributed by atoms with Crippen LogP contribution in [-0.2, 0) is 0 Å². The smallest absolute Gasteiger partial charge is 0.255 e. The predicted octanol–water partition coefficient (Wildman–Crippen LogP) is 5.40. The lowest BCUT2D eigenvalue weighted by Gasteiger charge is -2.10. The molecule has 0 aliphatic heterocycles. The van der Waals surface area contributed by atoms with Crippen LogP contribution in [0.4, 0.5) is 0 Å². The van der Waals surface area contributed by atoms with Crippen LogP contribution in [0.1, 0.15) is 85.7 Å². The van der Waals surface area contributed by atoms with Gasteiger partial charge in [-0.25, -0.2) is 0 Å². The van der Waals surface area contributed by atoms with E-state index in [0.29, 0.717) is 24.3 Å². The molecule has 2 rings (SSSR count). The number of unbranched alkanes of at least 4 members (excludes halogenated alkanes) is 9. The zero-order valence-electron chi connectivity index (χ0n) is 20.2. The number of hydrogen-bond donors (Lipinski definition) is 5. The average Bonchev–Trinajstić information content (AvgIpc) is 2.79. The standard InChI is InChI=1S/C27H39N3O4/c1-20-18-22(31)19-24(32)25(20)27(33)30-16-10-8-6-4-2-3-5-7-9-11-17-34-23-14-12-21(13-15-23)26(28)29/h12-15,18-19,31-32H,2-11,16-17H2,1H3,(H3,28,29)(H,30,33). The van der Waals surface area contributed by atoms with Gasteiger partial charge in [0, 0.05) is 18.2 Å². The molecular weight excluding hydrogens is 430 g/mol. The Morgan fingerprint density at radius 3 is 2.03 bits per heavy atom. The first-order valence-electron chi connectivity index (χ1n) is 12.3. The molecular formula is C27H39N3O4. The van der Waals surface area contributed by atoms with E-state index >= 15 is 0 Å². The fourth-order valence-electron chi connectivity index (χ4n) is 3.90. The van der Waals surface area contributed by atoms with Crippen LogP contribution in [0.5, 0.6) is 17.2 Å². The van der Waals surface area contributed by atoms with Crippen molar-refractivity contribution < 1.29 is 19.7 Å². The highest BCUT2D eigenvalue weighted by atomic mass is 16.5. The molecule has 0 aromatic heterocycles. The molecule has 2 aromatic rings. The van der Waals surface area contributed by atoms with E-state index in [1.165, 1.54) is 50.7 Å². The summed E-state index contributed by atoms with van der Waals surface area (Å²) in [6, 6.07) is 9.97. The Bertz CT molecular complexity index is 890. The zero-order valence-corrected chi connectivity index (χ0v) is 20.2. The molecule has 34 heavy (non-hydrogen) atoms. The van der Waals surface area contributed by atoms with Crippen LogP contribution in [-0.4, -0.2) is 35.1 Å². The first-order chi connectivity index (χ1) is 16.4. The SMILES string of the molecule is Cc1cc(O)cc(O)c1C(=O)NCCCCCCCCCCCCOc1ccc(C(=N)N)cc1. The van der Waals surface area contributed by atoms with E-state index in [2.05, 4.69) is 5.32 Å². The summed E-state index contributed by atoms with van der Waals surface area (Å²) in [6.45, 7) is 2.99. The summed E-state index contributed by atoms with van der Waals surface area (Å²) >= 11 is 0. The maximum Gasteiger partial charge on any atom is 0.255 e. The molecule has 186 valence electrons. The summed E-state index contributed by atoms with van der Waals surface area (Å²) < 4.78 is 5.73. The Kier molecular flexibility index (Phi) is 11.8. The number of aryl methyl sites for hydroxylation is 1. The molecule has 0 spiro atoms. The monoisotopic (exact) mass is 469 g/mol. The van der Waals surface area contributed by atoms with Crippen LogP contribution >= 0.6 is 0 Å². The number of benzene rings is 2. The maximum atomic E-state index is 12.2. The number of ether oxygens (including phenoxy) is 1. The third kappa shape index (κ3) is 9.73. The van der Waals surface area contributed by atoms with Gasteiger partial charge in [-0.3, -0.25) is 10.2 Å². The number of amidine groups is 1. The third-order valence-electron chi connectivity index (χ3n) is 5.82. The minimum absolute atomic E-state index is 0.0467. The van der Waals surface area contributed by atoms with Gasteiger partial charge in [-0.15, -0.1) is 0 Å². The Labute approximate surface area is 202 Å². The lowest BCUT2D eigenvalue weighted by atomic mass is 10.1. The number of nitrogens with one attached hydrogen (secondary N) is 2. The molecule has 1 amide bonds. The van der Waals surface area contributed by atoms with Crippen molar-refractivity contribution in [1.82, 2.24) is 5.32 Å². The van der Waals surface area contributed by atoms with Crippen LogP contribution < -0.4 is 15.8 Å². The molecule has 0 aliphatic carbocycles. The van der Waals surface area contributed by atoms with Crippen molar-refractivity contribution in [3.05, 3.63) is 53.1 Å². The number of hydrogen-bond acceptors (Lipinski definition) is 5. The van der Waals surface area contributed by atoms with Crippen LogP contribution in [0.15, 0.2) is 36.4 Å². The molecule has 0 saturated carbocycles. The second-order valence-electron chi connectivity index (χ2n) is 8.73. The number of phenols is 2. The number of aromatic hydroxyl groups is 2. The average molecular weight is 470 g/mol. The number of nitrogens with two attached hydrogens (primary N) is 1. The highest BCUT2D eigenvalue weighted by Crippen LogP contribution is 2.26. The maximum absolute atomic E-state index is 12.2. The fourth-order valence-corrected chi connectivity index (χ4v) is 3.90. The van der Waals surface area contributed by atoms with E-state index < -0.39 is 0 Å². The second-order valence-corrected chi connectivity index (χ2v) is 8.73. The van der Waals surface area contributed by atoms with Crippen molar-refractivity contribution in [2.45, 2.75) is 71.1 Å². The zero-order chi connectivity index (χ0) is 24.8. The lowest BCUT2D eigenvalue weighted by Crippen LogP contribution is -2.25. The lowest BCUT2D eigenvalue weighted by molar-refractivity contribution is 0.0949. The van der Waals surface area contributed by atoms with Gasteiger partial charge < -0.3 is 26.0 Å². The molecule has 0 radical (unpaired) electrons. The van der Waals surface area contributed by atoms with Gasteiger partial charge in [0.25, 0.3) is 5.91 Å². The molecule has 0 unspecified atom stereocenters. The summed E-state index contributed by atoms with van der Waals surface area (Å²) in [5.41, 5.74) is 6.94.